The van der Waals surface area contributed by atoms with Crippen LogP contribution >= 0.6 is 11.6 Å². The second-order valence-electron chi connectivity index (χ2n) is 9.54. The number of carbonyl (C=O) groups excluding carboxylic acids is 1. The molecule has 1 aromatic heterocycles. The average Bonchev–Trinajstić information content (AvgIpc) is 3.27. The van der Waals surface area contributed by atoms with Crippen molar-refractivity contribution in [3.63, 3.8) is 0 Å². The third kappa shape index (κ3) is 7.99. The Labute approximate surface area is 229 Å². The molecule has 1 heterocycles. The van der Waals surface area contributed by atoms with Crippen LogP contribution < -0.4 is 14.8 Å². The van der Waals surface area contributed by atoms with Gasteiger partial charge in [0.2, 0.25) is 0 Å². The SMILES string of the molecule is Cc1ccc(C)c(OCCCn2c(CCCCCNC(=O)COc3ccc(Cl)cc3)nc3ccccc32)c1. The van der Waals surface area contributed by atoms with E-state index in [-0.39, 0.29) is 12.5 Å². The van der Waals surface area contributed by atoms with E-state index in [4.69, 9.17) is 26.1 Å². The van der Waals surface area contributed by atoms with Gasteiger partial charge in [-0.05, 0) is 86.7 Å². The number of hydrogen-bond donors (Lipinski definition) is 1. The fraction of sp³-hybridized carbons (Fsp3) is 0.355. The van der Waals surface area contributed by atoms with E-state index in [1.54, 1.807) is 24.3 Å². The number of aromatic nitrogens is 2. The van der Waals surface area contributed by atoms with Crippen LogP contribution in [-0.4, -0.2) is 35.2 Å². The second kappa shape index (κ2) is 13.9. The number of hydrogen-bond acceptors (Lipinski definition) is 4. The summed E-state index contributed by atoms with van der Waals surface area (Å²) >= 11 is 5.87. The number of halogens is 1. The smallest absolute Gasteiger partial charge is 0.257 e. The number of benzene rings is 3. The molecule has 0 radical (unpaired) electrons. The first-order valence-electron chi connectivity index (χ1n) is 13.3. The number of amides is 1. The summed E-state index contributed by atoms with van der Waals surface area (Å²) < 4.78 is 13.9. The van der Waals surface area contributed by atoms with Crippen LogP contribution in [0.1, 0.15) is 42.6 Å². The van der Waals surface area contributed by atoms with Crippen molar-refractivity contribution in [3.8, 4) is 11.5 Å². The Bertz CT molecular complexity index is 1330. The van der Waals surface area contributed by atoms with Crippen LogP contribution in [0, 0.1) is 13.8 Å². The van der Waals surface area contributed by atoms with Gasteiger partial charge in [0.1, 0.15) is 17.3 Å². The van der Waals surface area contributed by atoms with Crippen LogP contribution in [-0.2, 0) is 17.8 Å². The van der Waals surface area contributed by atoms with Gasteiger partial charge in [-0.3, -0.25) is 4.79 Å². The minimum atomic E-state index is -0.121. The van der Waals surface area contributed by atoms with Crippen LogP contribution in [0.3, 0.4) is 0 Å². The number of aryl methyl sites for hydroxylation is 4. The van der Waals surface area contributed by atoms with Crippen LogP contribution in [0.15, 0.2) is 66.7 Å². The van der Waals surface area contributed by atoms with Gasteiger partial charge in [0.15, 0.2) is 6.61 Å². The number of rotatable bonds is 14. The van der Waals surface area contributed by atoms with Gasteiger partial charge in [-0.25, -0.2) is 4.98 Å². The molecule has 1 amide bonds. The zero-order chi connectivity index (χ0) is 26.7. The Balaban J connectivity index is 1.19. The van der Waals surface area contributed by atoms with Gasteiger partial charge in [-0.15, -0.1) is 0 Å². The lowest BCUT2D eigenvalue weighted by molar-refractivity contribution is -0.123. The Morgan fingerprint density at radius 3 is 2.61 bits per heavy atom. The minimum absolute atomic E-state index is 0.00117. The van der Waals surface area contributed by atoms with Crippen molar-refractivity contribution in [1.29, 1.82) is 0 Å². The summed E-state index contributed by atoms with van der Waals surface area (Å²) in [7, 11) is 0. The van der Waals surface area contributed by atoms with Gasteiger partial charge in [-0.2, -0.15) is 0 Å². The van der Waals surface area contributed by atoms with Crippen LogP contribution in [0.4, 0.5) is 0 Å². The summed E-state index contributed by atoms with van der Waals surface area (Å²) in [6.45, 7) is 6.33. The maximum absolute atomic E-state index is 12.0. The second-order valence-corrected chi connectivity index (χ2v) is 9.98. The van der Waals surface area contributed by atoms with Gasteiger partial charge in [0.25, 0.3) is 5.91 Å². The predicted octanol–water partition coefficient (Wildman–Crippen LogP) is 6.68. The van der Waals surface area contributed by atoms with Crippen LogP contribution in [0.5, 0.6) is 11.5 Å². The molecule has 4 aromatic rings. The molecule has 0 spiro atoms. The maximum Gasteiger partial charge on any atom is 0.257 e. The molecule has 6 nitrogen and oxygen atoms in total. The molecule has 0 aliphatic carbocycles. The van der Waals surface area contributed by atoms with Crippen molar-refractivity contribution >= 4 is 28.5 Å². The molecule has 0 atom stereocenters. The molecule has 0 aliphatic rings. The summed E-state index contributed by atoms with van der Waals surface area (Å²) in [6.07, 6.45) is 4.75. The van der Waals surface area contributed by atoms with Crippen molar-refractivity contribution < 1.29 is 14.3 Å². The molecule has 0 fully saturated rings. The van der Waals surface area contributed by atoms with E-state index in [1.807, 2.05) is 6.07 Å². The monoisotopic (exact) mass is 533 g/mol. The number of imidazole rings is 1. The zero-order valence-corrected chi connectivity index (χ0v) is 23.0. The van der Waals surface area contributed by atoms with Crippen molar-refractivity contribution in [2.45, 2.75) is 52.5 Å². The van der Waals surface area contributed by atoms with E-state index in [2.05, 4.69) is 60.1 Å². The number of para-hydroxylation sites is 2. The van der Waals surface area contributed by atoms with Crippen LogP contribution in [0.25, 0.3) is 11.0 Å². The molecule has 0 saturated heterocycles. The van der Waals surface area contributed by atoms with Crippen molar-refractivity contribution in [3.05, 3.63) is 88.7 Å². The highest BCUT2D eigenvalue weighted by atomic mass is 35.5. The molecule has 0 saturated carbocycles. The fourth-order valence-corrected chi connectivity index (χ4v) is 4.50. The average molecular weight is 534 g/mol. The maximum atomic E-state index is 12.0. The van der Waals surface area contributed by atoms with Gasteiger partial charge in [0, 0.05) is 24.5 Å². The summed E-state index contributed by atoms with van der Waals surface area (Å²) in [5.74, 6) is 2.58. The topological polar surface area (TPSA) is 65.4 Å². The molecule has 1 N–H and O–H groups in total. The van der Waals surface area contributed by atoms with E-state index in [0.29, 0.717) is 23.9 Å². The first-order chi connectivity index (χ1) is 18.5. The molecule has 3 aromatic carbocycles. The third-order valence-electron chi connectivity index (χ3n) is 6.44. The van der Waals surface area contributed by atoms with Gasteiger partial charge in [0.05, 0.1) is 17.6 Å². The lowest BCUT2D eigenvalue weighted by Gasteiger charge is -2.12. The molecular weight excluding hydrogens is 498 g/mol. The highest BCUT2D eigenvalue weighted by molar-refractivity contribution is 6.30. The quantitative estimate of drug-likeness (QED) is 0.183. The Morgan fingerprint density at radius 1 is 0.947 bits per heavy atom. The molecule has 200 valence electrons. The lowest BCUT2D eigenvalue weighted by atomic mass is 10.1. The fourth-order valence-electron chi connectivity index (χ4n) is 4.38. The summed E-state index contributed by atoms with van der Waals surface area (Å²) in [5.41, 5.74) is 4.57. The number of ether oxygens (including phenoxy) is 2. The standard InChI is InChI=1S/C31H36ClN3O3/c1-23-12-13-24(2)29(21-23)37-20-8-19-35-28-10-6-5-9-27(28)34-30(35)11-4-3-7-18-33-31(36)22-38-26-16-14-25(32)15-17-26/h5-6,9-10,12-17,21H,3-4,7-8,11,18-20,22H2,1-2H3,(H,33,36). The minimum Gasteiger partial charge on any atom is -0.493 e. The predicted molar refractivity (Wildman–Crippen MR) is 153 cm³/mol. The molecule has 7 heteroatoms. The molecular formula is C31H36ClN3O3. The Hall–Kier alpha value is -3.51. The first kappa shape index (κ1) is 27.5. The van der Waals surface area contributed by atoms with E-state index < -0.39 is 0 Å². The van der Waals surface area contributed by atoms with E-state index in [1.165, 1.54) is 11.1 Å². The highest BCUT2D eigenvalue weighted by Crippen LogP contribution is 2.21. The first-order valence-corrected chi connectivity index (χ1v) is 13.7. The summed E-state index contributed by atoms with van der Waals surface area (Å²) in [4.78, 5) is 17.0. The van der Waals surface area contributed by atoms with Crippen molar-refractivity contribution in [1.82, 2.24) is 14.9 Å². The Morgan fingerprint density at radius 2 is 1.76 bits per heavy atom. The zero-order valence-electron chi connectivity index (χ0n) is 22.2. The lowest BCUT2D eigenvalue weighted by Crippen LogP contribution is -2.29. The molecule has 4 rings (SSSR count). The van der Waals surface area contributed by atoms with E-state index >= 15 is 0 Å². The molecule has 0 aliphatic heterocycles. The van der Waals surface area contributed by atoms with Gasteiger partial charge in [-0.1, -0.05) is 42.3 Å². The van der Waals surface area contributed by atoms with Crippen molar-refractivity contribution in [2.24, 2.45) is 0 Å². The largest absolute Gasteiger partial charge is 0.493 e. The number of nitrogens with one attached hydrogen (secondary N) is 1. The van der Waals surface area contributed by atoms with Crippen molar-refractivity contribution in [2.75, 3.05) is 19.8 Å². The molecule has 0 unspecified atom stereocenters. The van der Waals surface area contributed by atoms with E-state index in [0.717, 1.165) is 61.3 Å². The third-order valence-corrected chi connectivity index (χ3v) is 6.70. The number of unbranched alkanes of at least 4 members (excludes halogenated alkanes) is 2. The number of fused-ring (bicyclic) bond motifs is 1. The van der Waals surface area contributed by atoms with E-state index in [9.17, 15) is 4.79 Å². The number of nitrogens with zero attached hydrogens (tertiary/aromatic N) is 2. The molecule has 0 bridgehead atoms. The highest BCUT2D eigenvalue weighted by Gasteiger charge is 2.11. The summed E-state index contributed by atoms with van der Waals surface area (Å²) in [5, 5.41) is 3.56. The molecule has 38 heavy (non-hydrogen) atoms. The normalized spacial score (nSPS) is 11.0. The van der Waals surface area contributed by atoms with Crippen LogP contribution in [0.2, 0.25) is 5.02 Å². The summed E-state index contributed by atoms with van der Waals surface area (Å²) in [6, 6.07) is 21.6. The number of carbonyl (C=O) groups is 1. The Kier molecular flexibility index (Phi) is 10.0. The van der Waals surface area contributed by atoms with Gasteiger partial charge >= 0.3 is 0 Å². The van der Waals surface area contributed by atoms with Gasteiger partial charge < -0.3 is 19.4 Å².